The van der Waals surface area contributed by atoms with Gasteiger partial charge < -0.3 is 19.7 Å². The van der Waals surface area contributed by atoms with Gasteiger partial charge in [0, 0.05) is 19.1 Å². The SMILES string of the molecule is COc1cc(CNC(CN(C)C)c2ccccc2)ccc1OC(F)F. The molecular weight excluding hydrogens is 326 g/mol. The summed E-state index contributed by atoms with van der Waals surface area (Å²) in [4.78, 5) is 2.12. The van der Waals surface area contributed by atoms with E-state index in [1.54, 1.807) is 12.1 Å². The fourth-order valence-electron chi connectivity index (χ4n) is 2.59. The molecule has 1 atom stereocenters. The Morgan fingerprint density at radius 1 is 1.04 bits per heavy atom. The second-order valence-corrected chi connectivity index (χ2v) is 5.97. The molecule has 1 unspecified atom stereocenters. The number of methoxy groups -OCH3 is 1. The molecule has 0 saturated heterocycles. The number of ether oxygens (including phenoxy) is 2. The van der Waals surface area contributed by atoms with Crippen LogP contribution in [-0.4, -0.2) is 39.3 Å². The molecule has 25 heavy (non-hydrogen) atoms. The van der Waals surface area contributed by atoms with Crippen molar-refractivity contribution in [3.63, 3.8) is 0 Å². The molecule has 0 aliphatic rings. The first-order chi connectivity index (χ1) is 12.0. The Labute approximate surface area is 147 Å². The van der Waals surface area contributed by atoms with Gasteiger partial charge in [-0.25, -0.2) is 0 Å². The Morgan fingerprint density at radius 3 is 2.36 bits per heavy atom. The molecule has 0 heterocycles. The zero-order chi connectivity index (χ0) is 18.2. The first-order valence-electron chi connectivity index (χ1n) is 8.04. The van der Waals surface area contributed by atoms with E-state index in [2.05, 4.69) is 27.1 Å². The van der Waals surface area contributed by atoms with Crippen LogP contribution in [0.4, 0.5) is 8.78 Å². The van der Waals surface area contributed by atoms with Gasteiger partial charge in [-0.1, -0.05) is 36.4 Å². The van der Waals surface area contributed by atoms with E-state index in [4.69, 9.17) is 4.74 Å². The number of nitrogens with zero attached hydrogens (tertiary/aromatic N) is 1. The molecule has 0 fully saturated rings. The second kappa shape index (κ2) is 9.34. The minimum absolute atomic E-state index is 0.0363. The molecule has 0 amide bonds. The van der Waals surface area contributed by atoms with Crippen LogP contribution >= 0.6 is 0 Å². The predicted octanol–water partition coefficient (Wildman–Crippen LogP) is 3.69. The highest BCUT2D eigenvalue weighted by atomic mass is 19.3. The highest BCUT2D eigenvalue weighted by molar-refractivity contribution is 5.43. The maximum atomic E-state index is 12.4. The Hall–Kier alpha value is -2.18. The lowest BCUT2D eigenvalue weighted by Gasteiger charge is -2.23. The van der Waals surface area contributed by atoms with Crippen LogP contribution in [0.5, 0.6) is 11.5 Å². The van der Waals surface area contributed by atoms with E-state index in [-0.39, 0.29) is 11.8 Å². The third-order valence-corrected chi connectivity index (χ3v) is 3.75. The maximum absolute atomic E-state index is 12.4. The molecule has 1 N–H and O–H groups in total. The molecule has 2 rings (SSSR count). The lowest BCUT2D eigenvalue weighted by Crippen LogP contribution is -2.30. The molecule has 0 aliphatic heterocycles. The van der Waals surface area contributed by atoms with E-state index < -0.39 is 6.61 Å². The van der Waals surface area contributed by atoms with Gasteiger partial charge in [0.15, 0.2) is 11.5 Å². The largest absolute Gasteiger partial charge is 0.493 e. The number of nitrogens with one attached hydrogen (secondary N) is 1. The number of likely N-dealkylation sites (N-methyl/N-ethyl adjacent to an activating group) is 1. The maximum Gasteiger partial charge on any atom is 0.387 e. The summed E-state index contributed by atoms with van der Waals surface area (Å²) in [6, 6.07) is 15.3. The topological polar surface area (TPSA) is 33.7 Å². The summed E-state index contributed by atoms with van der Waals surface area (Å²) in [6.07, 6.45) is 0. The lowest BCUT2D eigenvalue weighted by atomic mass is 10.1. The van der Waals surface area contributed by atoms with Gasteiger partial charge in [0.25, 0.3) is 0 Å². The molecule has 4 nitrogen and oxygen atoms in total. The molecule has 2 aromatic rings. The Kier molecular flexibility index (Phi) is 7.16. The third-order valence-electron chi connectivity index (χ3n) is 3.75. The summed E-state index contributed by atoms with van der Waals surface area (Å²) in [7, 11) is 5.48. The molecule has 0 radical (unpaired) electrons. The molecule has 6 heteroatoms. The van der Waals surface area contributed by atoms with Gasteiger partial charge in [0.2, 0.25) is 0 Å². The molecule has 0 aromatic heterocycles. The van der Waals surface area contributed by atoms with Gasteiger partial charge in [-0.15, -0.1) is 0 Å². The van der Waals surface area contributed by atoms with Crippen molar-refractivity contribution < 1.29 is 18.3 Å². The van der Waals surface area contributed by atoms with E-state index in [1.165, 1.54) is 18.7 Å². The van der Waals surface area contributed by atoms with Gasteiger partial charge >= 0.3 is 6.61 Å². The van der Waals surface area contributed by atoms with Crippen LogP contribution in [0.15, 0.2) is 48.5 Å². The zero-order valence-corrected chi connectivity index (χ0v) is 14.7. The van der Waals surface area contributed by atoms with E-state index in [0.717, 1.165) is 12.1 Å². The van der Waals surface area contributed by atoms with Crippen molar-refractivity contribution in [1.29, 1.82) is 0 Å². The summed E-state index contributed by atoms with van der Waals surface area (Å²) >= 11 is 0. The van der Waals surface area contributed by atoms with Crippen LogP contribution < -0.4 is 14.8 Å². The number of benzene rings is 2. The van der Waals surface area contributed by atoms with Crippen molar-refractivity contribution in [1.82, 2.24) is 10.2 Å². The number of halogens is 2. The first-order valence-corrected chi connectivity index (χ1v) is 8.04. The number of rotatable bonds is 9. The van der Waals surface area contributed by atoms with Crippen LogP contribution in [0, 0.1) is 0 Å². The molecule has 2 aromatic carbocycles. The van der Waals surface area contributed by atoms with E-state index in [0.29, 0.717) is 12.3 Å². The smallest absolute Gasteiger partial charge is 0.387 e. The summed E-state index contributed by atoms with van der Waals surface area (Å²) in [5, 5.41) is 3.51. The Balaban J connectivity index is 2.09. The Bertz CT molecular complexity index is 651. The van der Waals surface area contributed by atoms with Gasteiger partial charge in [-0.2, -0.15) is 8.78 Å². The van der Waals surface area contributed by atoms with Crippen LogP contribution in [-0.2, 0) is 6.54 Å². The minimum atomic E-state index is -2.87. The highest BCUT2D eigenvalue weighted by Gasteiger charge is 2.14. The summed E-state index contributed by atoms with van der Waals surface area (Å²) < 4.78 is 34.4. The van der Waals surface area contributed by atoms with Crippen molar-refractivity contribution in [2.45, 2.75) is 19.2 Å². The molecule has 136 valence electrons. The summed E-state index contributed by atoms with van der Waals surface area (Å²) in [5.74, 6) is 0.331. The lowest BCUT2D eigenvalue weighted by molar-refractivity contribution is -0.0512. The predicted molar refractivity (Wildman–Crippen MR) is 94.2 cm³/mol. The van der Waals surface area contributed by atoms with Crippen LogP contribution in [0.3, 0.4) is 0 Å². The Morgan fingerprint density at radius 2 is 1.76 bits per heavy atom. The fraction of sp³-hybridized carbons (Fsp3) is 0.368. The minimum Gasteiger partial charge on any atom is -0.493 e. The van der Waals surface area contributed by atoms with Crippen molar-refractivity contribution in [3.05, 3.63) is 59.7 Å². The van der Waals surface area contributed by atoms with Crippen LogP contribution in [0.1, 0.15) is 17.2 Å². The van der Waals surface area contributed by atoms with E-state index in [9.17, 15) is 8.78 Å². The standard InChI is InChI=1S/C19H24F2N2O2/c1-23(2)13-16(15-7-5-4-6-8-15)22-12-14-9-10-17(25-19(20)21)18(11-14)24-3/h4-11,16,19,22H,12-13H2,1-3H3. The molecular formula is C19H24F2N2O2. The first kappa shape index (κ1) is 19.1. The van der Waals surface area contributed by atoms with Gasteiger partial charge in [-0.3, -0.25) is 0 Å². The number of alkyl halides is 2. The van der Waals surface area contributed by atoms with Gasteiger partial charge in [0.1, 0.15) is 0 Å². The van der Waals surface area contributed by atoms with Crippen molar-refractivity contribution in [3.8, 4) is 11.5 Å². The summed E-state index contributed by atoms with van der Waals surface area (Å²) in [5.41, 5.74) is 2.12. The fourth-order valence-corrected chi connectivity index (χ4v) is 2.59. The van der Waals surface area contributed by atoms with Crippen LogP contribution in [0.25, 0.3) is 0 Å². The van der Waals surface area contributed by atoms with Gasteiger partial charge in [0.05, 0.1) is 7.11 Å². The quantitative estimate of drug-likeness (QED) is 0.748. The molecule has 0 spiro atoms. The van der Waals surface area contributed by atoms with Crippen molar-refractivity contribution >= 4 is 0 Å². The molecule has 0 saturated carbocycles. The second-order valence-electron chi connectivity index (χ2n) is 5.97. The highest BCUT2D eigenvalue weighted by Crippen LogP contribution is 2.29. The monoisotopic (exact) mass is 350 g/mol. The average molecular weight is 350 g/mol. The average Bonchev–Trinajstić information content (AvgIpc) is 2.59. The summed E-state index contributed by atoms with van der Waals surface area (Å²) in [6.45, 7) is -1.45. The van der Waals surface area contributed by atoms with Crippen molar-refractivity contribution in [2.24, 2.45) is 0 Å². The molecule has 0 bridgehead atoms. The van der Waals surface area contributed by atoms with Gasteiger partial charge in [-0.05, 0) is 37.4 Å². The zero-order valence-electron chi connectivity index (χ0n) is 14.7. The normalized spacial score (nSPS) is 12.4. The number of hydrogen-bond donors (Lipinski definition) is 1. The van der Waals surface area contributed by atoms with E-state index in [1.807, 2.05) is 32.3 Å². The van der Waals surface area contributed by atoms with Crippen molar-refractivity contribution in [2.75, 3.05) is 27.7 Å². The number of hydrogen-bond acceptors (Lipinski definition) is 4. The third kappa shape index (κ3) is 5.99. The van der Waals surface area contributed by atoms with Crippen LogP contribution in [0.2, 0.25) is 0 Å². The molecule has 0 aliphatic carbocycles. The van der Waals surface area contributed by atoms with E-state index >= 15 is 0 Å².